The molecular weight excluding hydrogens is 348 g/mol. The van der Waals surface area contributed by atoms with E-state index in [2.05, 4.69) is 0 Å². The Hall–Kier alpha value is -2.62. The number of rotatable bonds is 6. The SMILES string of the molecule is O=C(c1ccccc1OCc1ccccc1)[C@H]1O[C@@H]1c1cccc(Cl)c1. The summed E-state index contributed by atoms with van der Waals surface area (Å²) < 4.78 is 11.5. The van der Waals surface area contributed by atoms with Gasteiger partial charge < -0.3 is 9.47 Å². The third kappa shape index (κ3) is 3.64. The van der Waals surface area contributed by atoms with Gasteiger partial charge in [0.25, 0.3) is 0 Å². The fourth-order valence-electron chi connectivity index (χ4n) is 2.93. The molecule has 0 bridgehead atoms. The first-order valence-electron chi connectivity index (χ1n) is 8.43. The van der Waals surface area contributed by atoms with Gasteiger partial charge in [0.15, 0.2) is 11.9 Å². The van der Waals surface area contributed by atoms with Crippen LogP contribution < -0.4 is 4.74 Å². The second-order valence-corrected chi connectivity index (χ2v) is 6.60. The number of benzene rings is 3. The van der Waals surface area contributed by atoms with Crippen LogP contribution in [-0.4, -0.2) is 11.9 Å². The average Bonchev–Trinajstić information content (AvgIpc) is 3.48. The first kappa shape index (κ1) is 16.8. The molecule has 3 nitrogen and oxygen atoms in total. The molecule has 1 fully saturated rings. The lowest BCUT2D eigenvalue weighted by Gasteiger charge is -2.10. The highest BCUT2D eigenvalue weighted by Gasteiger charge is 2.46. The number of epoxide rings is 1. The Morgan fingerprint density at radius 2 is 1.73 bits per heavy atom. The Labute approximate surface area is 157 Å². The fraction of sp³-hybridized carbons (Fsp3) is 0.136. The summed E-state index contributed by atoms with van der Waals surface area (Å²) in [5.41, 5.74) is 2.51. The summed E-state index contributed by atoms with van der Waals surface area (Å²) in [5.74, 6) is 0.500. The molecule has 1 heterocycles. The van der Waals surface area contributed by atoms with E-state index in [-0.39, 0.29) is 11.9 Å². The van der Waals surface area contributed by atoms with Gasteiger partial charge in [0.2, 0.25) is 0 Å². The van der Waals surface area contributed by atoms with Crippen LogP contribution in [0, 0.1) is 0 Å². The van der Waals surface area contributed by atoms with Gasteiger partial charge in [-0.25, -0.2) is 0 Å². The van der Waals surface area contributed by atoms with E-state index >= 15 is 0 Å². The van der Waals surface area contributed by atoms with E-state index in [1.165, 1.54) is 0 Å². The molecular formula is C22H17ClO3. The van der Waals surface area contributed by atoms with Crippen LogP contribution in [-0.2, 0) is 11.3 Å². The Balaban J connectivity index is 1.49. The summed E-state index contributed by atoms with van der Waals surface area (Å²) in [6.45, 7) is 0.411. The van der Waals surface area contributed by atoms with Crippen molar-refractivity contribution in [2.45, 2.75) is 18.8 Å². The predicted octanol–water partition coefficient (Wildman–Crippen LogP) is 5.24. The third-order valence-corrected chi connectivity index (χ3v) is 4.55. The minimum Gasteiger partial charge on any atom is -0.488 e. The molecule has 0 saturated carbocycles. The van der Waals surface area contributed by atoms with Gasteiger partial charge in [0.05, 0.1) is 5.56 Å². The molecule has 3 aromatic carbocycles. The second-order valence-electron chi connectivity index (χ2n) is 6.17. The van der Waals surface area contributed by atoms with E-state index in [4.69, 9.17) is 21.1 Å². The summed E-state index contributed by atoms with van der Waals surface area (Å²) in [4.78, 5) is 12.9. The Morgan fingerprint density at radius 1 is 0.962 bits per heavy atom. The highest BCUT2D eigenvalue weighted by Crippen LogP contribution is 2.42. The zero-order valence-corrected chi connectivity index (χ0v) is 14.7. The highest BCUT2D eigenvalue weighted by atomic mass is 35.5. The number of carbonyl (C=O) groups excluding carboxylic acids is 1. The van der Waals surface area contributed by atoms with Crippen LogP contribution in [0.5, 0.6) is 5.75 Å². The minimum atomic E-state index is -0.491. The number of hydrogen-bond acceptors (Lipinski definition) is 3. The van der Waals surface area contributed by atoms with Crippen molar-refractivity contribution in [3.05, 3.63) is 101 Å². The van der Waals surface area contributed by atoms with Gasteiger partial charge in [-0.1, -0.05) is 66.2 Å². The average molecular weight is 365 g/mol. The van der Waals surface area contributed by atoms with E-state index in [1.807, 2.05) is 66.7 Å². The lowest BCUT2D eigenvalue weighted by molar-refractivity contribution is 0.0949. The number of ketones is 1. The van der Waals surface area contributed by atoms with Gasteiger partial charge in [-0.15, -0.1) is 0 Å². The first-order valence-corrected chi connectivity index (χ1v) is 8.81. The molecule has 0 amide bonds. The second kappa shape index (κ2) is 7.32. The van der Waals surface area contributed by atoms with Crippen LogP contribution in [0.2, 0.25) is 5.02 Å². The normalized spacial score (nSPS) is 18.3. The van der Waals surface area contributed by atoms with Crippen molar-refractivity contribution in [3.8, 4) is 5.75 Å². The van der Waals surface area contributed by atoms with E-state index in [1.54, 1.807) is 12.1 Å². The predicted molar refractivity (Wildman–Crippen MR) is 101 cm³/mol. The molecule has 26 heavy (non-hydrogen) atoms. The lowest BCUT2D eigenvalue weighted by atomic mass is 10.0. The molecule has 0 aromatic heterocycles. The Kier molecular flexibility index (Phi) is 4.74. The summed E-state index contributed by atoms with van der Waals surface area (Å²) in [5, 5.41) is 0.635. The molecule has 0 radical (unpaired) electrons. The number of hydrogen-bond donors (Lipinski definition) is 0. The topological polar surface area (TPSA) is 38.8 Å². The van der Waals surface area contributed by atoms with Gasteiger partial charge in [-0.05, 0) is 35.4 Å². The molecule has 130 valence electrons. The molecule has 0 spiro atoms. The summed E-state index contributed by atoms with van der Waals surface area (Å²) >= 11 is 6.03. The number of carbonyl (C=O) groups is 1. The first-order chi connectivity index (χ1) is 12.7. The van der Waals surface area contributed by atoms with Crippen molar-refractivity contribution in [2.24, 2.45) is 0 Å². The molecule has 0 aliphatic carbocycles. The molecule has 0 N–H and O–H groups in total. The molecule has 2 atom stereocenters. The summed E-state index contributed by atoms with van der Waals surface area (Å²) in [7, 11) is 0. The molecule has 1 saturated heterocycles. The molecule has 4 rings (SSSR count). The van der Waals surface area contributed by atoms with Crippen LogP contribution >= 0.6 is 11.6 Å². The molecule has 0 unspecified atom stereocenters. The highest BCUT2D eigenvalue weighted by molar-refractivity contribution is 6.30. The lowest BCUT2D eigenvalue weighted by Crippen LogP contribution is -2.10. The Bertz CT molecular complexity index is 923. The van der Waals surface area contributed by atoms with Crippen molar-refractivity contribution in [2.75, 3.05) is 0 Å². The third-order valence-electron chi connectivity index (χ3n) is 4.32. The van der Waals surface area contributed by atoms with Crippen LogP contribution in [0.25, 0.3) is 0 Å². The van der Waals surface area contributed by atoms with E-state index in [9.17, 15) is 4.79 Å². The molecule has 1 aliphatic rings. The van der Waals surface area contributed by atoms with Crippen molar-refractivity contribution >= 4 is 17.4 Å². The minimum absolute atomic E-state index is 0.0707. The fourth-order valence-corrected chi connectivity index (χ4v) is 3.13. The zero-order valence-electron chi connectivity index (χ0n) is 14.0. The van der Waals surface area contributed by atoms with Crippen molar-refractivity contribution in [1.82, 2.24) is 0 Å². The van der Waals surface area contributed by atoms with Gasteiger partial charge in [-0.3, -0.25) is 4.79 Å². The smallest absolute Gasteiger partial charge is 0.198 e. The monoisotopic (exact) mass is 364 g/mol. The van der Waals surface area contributed by atoms with Crippen molar-refractivity contribution < 1.29 is 14.3 Å². The standard InChI is InChI=1S/C22H17ClO3/c23-17-10-6-9-16(13-17)21-22(26-21)20(24)18-11-4-5-12-19(18)25-14-15-7-2-1-3-8-15/h1-13,21-22H,14H2/t21-,22-/m1/s1. The van der Waals surface area contributed by atoms with Crippen molar-refractivity contribution in [1.29, 1.82) is 0 Å². The number of ether oxygens (including phenoxy) is 2. The molecule has 4 heteroatoms. The largest absolute Gasteiger partial charge is 0.488 e. The maximum absolute atomic E-state index is 12.9. The maximum Gasteiger partial charge on any atom is 0.198 e. The summed E-state index contributed by atoms with van der Waals surface area (Å²) in [6, 6.07) is 24.6. The van der Waals surface area contributed by atoms with Crippen LogP contribution in [0.4, 0.5) is 0 Å². The van der Waals surface area contributed by atoms with Crippen molar-refractivity contribution in [3.63, 3.8) is 0 Å². The van der Waals surface area contributed by atoms with Crippen LogP contribution in [0.15, 0.2) is 78.9 Å². The van der Waals surface area contributed by atoms with Gasteiger partial charge in [0.1, 0.15) is 18.5 Å². The van der Waals surface area contributed by atoms with E-state index in [0.29, 0.717) is 22.9 Å². The van der Waals surface area contributed by atoms with Crippen LogP contribution in [0.3, 0.4) is 0 Å². The van der Waals surface area contributed by atoms with E-state index in [0.717, 1.165) is 11.1 Å². The van der Waals surface area contributed by atoms with E-state index < -0.39 is 6.10 Å². The van der Waals surface area contributed by atoms with Crippen LogP contribution in [0.1, 0.15) is 27.6 Å². The number of para-hydroxylation sites is 1. The van der Waals surface area contributed by atoms with Gasteiger partial charge in [0, 0.05) is 5.02 Å². The van der Waals surface area contributed by atoms with Gasteiger partial charge >= 0.3 is 0 Å². The number of Topliss-reactive ketones (excluding diaryl/α,β-unsaturated/α-hetero) is 1. The van der Waals surface area contributed by atoms with Gasteiger partial charge in [-0.2, -0.15) is 0 Å². The maximum atomic E-state index is 12.9. The Morgan fingerprint density at radius 3 is 2.54 bits per heavy atom. The quantitative estimate of drug-likeness (QED) is 0.443. The molecule has 3 aromatic rings. The summed E-state index contributed by atoms with van der Waals surface area (Å²) in [6.07, 6.45) is -0.738. The zero-order chi connectivity index (χ0) is 17.9. The number of halogens is 1. The molecule has 1 aliphatic heterocycles.